The highest BCUT2D eigenvalue weighted by molar-refractivity contribution is 7.09. The lowest BCUT2D eigenvalue weighted by atomic mass is 9.77. The molecule has 0 unspecified atom stereocenters. The number of halogens is 2. The lowest BCUT2D eigenvalue weighted by Crippen LogP contribution is -2.53. The summed E-state index contributed by atoms with van der Waals surface area (Å²) in [5, 5.41) is 4.66. The topological polar surface area (TPSA) is 36.4 Å². The number of rotatable bonds is 5. The van der Waals surface area contributed by atoms with E-state index in [1.54, 1.807) is 11.3 Å². The quantitative estimate of drug-likeness (QED) is 0.414. The van der Waals surface area contributed by atoms with Crippen LogP contribution in [0.2, 0.25) is 10.0 Å². The zero-order valence-electron chi connectivity index (χ0n) is 18.5. The minimum atomic E-state index is -0.379. The van der Waals surface area contributed by atoms with E-state index < -0.39 is 0 Å². The van der Waals surface area contributed by atoms with Gasteiger partial charge in [-0.05, 0) is 42.7 Å². The Bertz CT molecular complexity index is 1100. The normalized spacial score (nSPS) is 18.5. The average Bonchev–Trinajstić information content (AvgIpc) is 3.51. The molecule has 2 aromatic carbocycles. The summed E-state index contributed by atoms with van der Waals surface area (Å²) in [6.07, 6.45) is 4.07. The van der Waals surface area contributed by atoms with E-state index in [2.05, 4.69) is 15.2 Å². The SMILES string of the molecule is O=C(N1CCN(Cc2nc(-c3ccc(Cl)cc3)cs2)CC1)C1(c2ccc(Cl)cc2)CCCC1. The number of nitrogens with zero attached hydrogens (tertiary/aromatic N) is 3. The standard InChI is InChI=1S/C26H27Cl2N3OS/c27-21-7-3-19(4-8-21)23-18-33-24(29-23)17-30-13-15-31(16-14-30)25(32)26(11-1-2-12-26)20-5-9-22(28)10-6-20/h3-10,18H,1-2,11-17H2. The first-order valence-corrected chi connectivity index (χ1v) is 13.2. The fourth-order valence-corrected chi connectivity index (χ4v) is 6.21. The zero-order valence-corrected chi connectivity index (χ0v) is 20.8. The maximum absolute atomic E-state index is 13.7. The van der Waals surface area contributed by atoms with Crippen molar-refractivity contribution in [3.05, 3.63) is 74.5 Å². The molecular weight excluding hydrogens is 473 g/mol. The van der Waals surface area contributed by atoms with Gasteiger partial charge in [0.05, 0.1) is 17.7 Å². The first kappa shape index (κ1) is 22.9. The third kappa shape index (κ3) is 4.83. The van der Waals surface area contributed by atoms with Gasteiger partial charge >= 0.3 is 0 Å². The van der Waals surface area contributed by atoms with E-state index in [1.165, 1.54) is 0 Å². The number of carbonyl (C=O) groups excluding carboxylic acids is 1. The van der Waals surface area contributed by atoms with Gasteiger partial charge in [-0.1, -0.05) is 60.3 Å². The van der Waals surface area contributed by atoms with E-state index in [1.807, 2.05) is 48.5 Å². The van der Waals surface area contributed by atoms with E-state index in [0.29, 0.717) is 5.91 Å². The molecule has 0 N–H and O–H groups in total. The van der Waals surface area contributed by atoms with Gasteiger partial charge in [0.25, 0.3) is 0 Å². The highest BCUT2D eigenvalue weighted by atomic mass is 35.5. The van der Waals surface area contributed by atoms with Gasteiger partial charge in [-0.15, -0.1) is 11.3 Å². The summed E-state index contributed by atoms with van der Waals surface area (Å²) < 4.78 is 0. The van der Waals surface area contributed by atoms with Crippen LogP contribution in [-0.4, -0.2) is 46.9 Å². The highest BCUT2D eigenvalue weighted by Crippen LogP contribution is 2.43. The number of hydrogen-bond donors (Lipinski definition) is 0. The Hall–Kier alpha value is -1.92. The lowest BCUT2D eigenvalue weighted by Gasteiger charge is -2.40. The second-order valence-electron chi connectivity index (χ2n) is 9.00. The fourth-order valence-electron chi connectivity index (χ4n) is 5.11. The molecule has 2 heterocycles. The lowest BCUT2D eigenvalue weighted by molar-refractivity contribution is -0.139. The van der Waals surface area contributed by atoms with Gasteiger partial charge in [0.15, 0.2) is 0 Å². The number of hydrogen-bond acceptors (Lipinski definition) is 4. The molecule has 33 heavy (non-hydrogen) atoms. The van der Waals surface area contributed by atoms with Crippen LogP contribution < -0.4 is 0 Å². The Labute approximate surface area is 209 Å². The molecule has 1 aromatic heterocycles. The summed E-state index contributed by atoms with van der Waals surface area (Å²) in [6, 6.07) is 15.7. The molecule has 1 aliphatic carbocycles. The molecule has 3 aromatic rings. The van der Waals surface area contributed by atoms with Gasteiger partial charge in [-0.2, -0.15) is 0 Å². The van der Waals surface area contributed by atoms with Gasteiger partial charge < -0.3 is 4.90 Å². The van der Waals surface area contributed by atoms with Gasteiger partial charge in [-0.3, -0.25) is 9.69 Å². The molecule has 0 bridgehead atoms. The molecule has 1 saturated carbocycles. The number of benzene rings is 2. The van der Waals surface area contributed by atoms with Gasteiger partial charge in [-0.25, -0.2) is 4.98 Å². The predicted octanol–water partition coefficient (Wildman–Crippen LogP) is 6.27. The summed E-state index contributed by atoms with van der Waals surface area (Å²) >= 11 is 13.8. The van der Waals surface area contributed by atoms with E-state index in [4.69, 9.17) is 28.2 Å². The Balaban J connectivity index is 1.21. The molecule has 2 fully saturated rings. The Kier molecular flexibility index (Phi) is 6.75. The van der Waals surface area contributed by atoms with E-state index >= 15 is 0 Å². The van der Waals surface area contributed by atoms with Crippen LogP contribution in [0.4, 0.5) is 0 Å². The minimum Gasteiger partial charge on any atom is -0.339 e. The van der Waals surface area contributed by atoms with Crippen LogP contribution in [0.5, 0.6) is 0 Å². The summed E-state index contributed by atoms with van der Waals surface area (Å²) in [4.78, 5) is 23.0. The summed E-state index contributed by atoms with van der Waals surface area (Å²) in [7, 11) is 0. The average molecular weight is 500 g/mol. The van der Waals surface area contributed by atoms with Crippen molar-refractivity contribution in [2.24, 2.45) is 0 Å². The van der Waals surface area contributed by atoms with Gasteiger partial charge in [0, 0.05) is 47.2 Å². The minimum absolute atomic E-state index is 0.293. The van der Waals surface area contributed by atoms with Gasteiger partial charge in [0.2, 0.25) is 5.91 Å². The zero-order chi connectivity index (χ0) is 22.8. The largest absolute Gasteiger partial charge is 0.339 e. The maximum atomic E-state index is 13.7. The fraction of sp³-hybridized carbons (Fsp3) is 0.385. The van der Waals surface area contributed by atoms with Crippen LogP contribution in [-0.2, 0) is 16.8 Å². The summed E-state index contributed by atoms with van der Waals surface area (Å²) in [6.45, 7) is 4.10. The van der Waals surface area contributed by atoms with Crippen molar-refractivity contribution in [3.8, 4) is 11.3 Å². The molecule has 1 saturated heterocycles. The van der Waals surface area contributed by atoms with Crippen molar-refractivity contribution in [1.29, 1.82) is 0 Å². The Morgan fingerprint density at radius 2 is 1.52 bits per heavy atom. The van der Waals surface area contributed by atoms with Crippen LogP contribution in [0, 0.1) is 0 Å². The van der Waals surface area contributed by atoms with Crippen LogP contribution in [0.15, 0.2) is 53.9 Å². The van der Waals surface area contributed by atoms with Crippen molar-refractivity contribution in [2.75, 3.05) is 26.2 Å². The molecule has 172 valence electrons. The van der Waals surface area contributed by atoms with Gasteiger partial charge in [0.1, 0.15) is 5.01 Å². The Morgan fingerprint density at radius 3 is 2.15 bits per heavy atom. The second-order valence-corrected chi connectivity index (χ2v) is 10.8. The first-order chi connectivity index (χ1) is 16.0. The van der Waals surface area contributed by atoms with Crippen LogP contribution >= 0.6 is 34.5 Å². The molecule has 0 spiro atoms. The predicted molar refractivity (Wildman–Crippen MR) is 136 cm³/mol. The monoisotopic (exact) mass is 499 g/mol. The van der Waals surface area contributed by atoms with E-state index in [9.17, 15) is 4.79 Å². The number of carbonyl (C=O) groups is 1. The smallest absolute Gasteiger partial charge is 0.233 e. The van der Waals surface area contributed by atoms with Crippen molar-refractivity contribution in [1.82, 2.24) is 14.8 Å². The molecule has 4 nitrogen and oxygen atoms in total. The van der Waals surface area contributed by atoms with Crippen LogP contribution in [0.25, 0.3) is 11.3 Å². The maximum Gasteiger partial charge on any atom is 0.233 e. The third-order valence-corrected chi connectivity index (χ3v) is 8.31. The number of aromatic nitrogens is 1. The van der Waals surface area contributed by atoms with Crippen molar-refractivity contribution < 1.29 is 4.79 Å². The van der Waals surface area contributed by atoms with E-state index in [-0.39, 0.29) is 5.41 Å². The highest BCUT2D eigenvalue weighted by Gasteiger charge is 2.45. The molecule has 5 rings (SSSR count). The molecule has 2 aliphatic rings. The first-order valence-electron chi connectivity index (χ1n) is 11.5. The molecule has 7 heteroatoms. The molecular formula is C26H27Cl2N3OS. The van der Waals surface area contributed by atoms with Crippen LogP contribution in [0.1, 0.15) is 36.3 Å². The number of thiazole rings is 1. The molecule has 0 radical (unpaired) electrons. The Morgan fingerprint density at radius 1 is 0.909 bits per heavy atom. The number of piperazine rings is 1. The molecule has 0 atom stereocenters. The van der Waals surface area contributed by atoms with Crippen LogP contribution in [0.3, 0.4) is 0 Å². The van der Waals surface area contributed by atoms with Crippen molar-refractivity contribution >= 4 is 40.4 Å². The van der Waals surface area contributed by atoms with Crippen molar-refractivity contribution in [2.45, 2.75) is 37.6 Å². The summed E-state index contributed by atoms with van der Waals surface area (Å²) in [5.41, 5.74) is 2.82. The second kappa shape index (κ2) is 9.75. The van der Waals surface area contributed by atoms with E-state index in [0.717, 1.165) is 90.3 Å². The third-order valence-electron chi connectivity index (χ3n) is 6.97. The number of amides is 1. The molecule has 1 aliphatic heterocycles. The van der Waals surface area contributed by atoms with Crippen molar-refractivity contribution in [3.63, 3.8) is 0 Å². The molecule has 1 amide bonds. The summed E-state index contributed by atoms with van der Waals surface area (Å²) in [5.74, 6) is 0.293.